The molecule has 1 heterocycles. The molecule has 1 aromatic carbocycles. The zero-order chi connectivity index (χ0) is 16.7. The lowest BCUT2D eigenvalue weighted by molar-refractivity contribution is -0.123. The molecule has 0 saturated carbocycles. The van der Waals surface area contributed by atoms with Crippen LogP contribution in [-0.2, 0) is 28.9 Å². The molecule has 122 valence electrons. The van der Waals surface area contributed by atoms with Gasteiger partial charge in [-0.25, -0.2) is 0 Å². The minimum absolute atomic E-state index is 0.00852. The van der Waals surface area contributed by atoms with Gasteiger partial charge in [-0.05, 0) is 35.4 Å². The Morgan fingerprint density at radius 1 is 1.00 bits per heavy atom. The third-order valence-corrected chi connectivity index (χ3v) is 4.50. The molecule has 2 aromatic rings. The van der Waals surface area contributed by atoms with E-state index in [-0.39, 0.29) is 18.4 Å². The number of nitrogens with one attached hydrogen (secondary N) is 2. The van der Waals surface area contributed by atoms with Crippen LogP contribution in [0.2, 0.25) is 0 Å². The molecular formula is C18H22N2O2S. The van der Waals surface area contributed by atoms with Gasteiger partial charge in [0.2, 0.25) is 11.8 Å². The van der Waals surface area contributed by atoms with Crippen LogP contribution in [0.5, 0.6) is 0 Å². The van der Waals surface area contributed by atoms with E-state index in [1.54, 1.807) is 0 Å². The van der Waals surface area contributed by atoms with Crippen molar-refractivity contribution in [1.82, 2.24) is 5.32 Å². The number of para-hydroxylation sites is 1. The smallest absolute Gasteiger partial charge is 0.243 e. The Morgan fingerprint density at radius 3 is 2.26 bits per heavy atom. The highest BCUT2D eigenvalue weighted by Crippen LogP contribution is 2.22. The third kappa shape index (κ3) is 4.93. The van der Waals surface area contributed by atoms with Crippen LogP contribution in [-0.4, -0.2) is 18.4 Å². The minimum atomic E-state index is -0.194. The van der Waals surface area contributed by atoms with Crippen LogP contribution in [0.1, 0.15) is 29.9 Å². The van der Waals surface area contributed by atoms with Crippen molar-refractivity contribution < 1.29 is 9.59 Å². The Hall–Kier alpha value is -2.14. The average molecular weight is 330 g/mol. The molecule has 5 heteroatoms. The lowest BCUT2D eigenvalue weighted by Gasteiger charge is -2.14. The van der Waals surface area contributed by atoms with Crippen molar-refractivity contribution in [3.63, 3.8) is 0 Å². The molecule has 1 aromatic heterocycles. The van der Waals surface area contributed by atoms with Gasteiger partial charge in [-0.15, -0.1) is 11.3 Å². The summed E-state index contributed by atoms with van der Waals surface area (Å²) in [6.07, 6.45) is 2.03. The van der Waals surface area contributed by atoms with Gasteiger partial charge in [0.05, 0.1) is 13.0 Å². The van der Waals surface area contributed by atoms with Crippen LogP contribution < -0.4 is 10.6 Å². The summed E-state index contributed by atoms with van der Waals surface area (Å²) in [4.78, 5) is 25.0. The van der Waals surface area contributed by atoms with Crippen LogP contribution in [0.25, 0.3) is 0 Å². The van der Waals surface area contributed by atoms with Crippen molar-refractivity contribution in [2.45, 2.75) is 33.1 Å². The number of amides is 2. The summed E-state index contributed by atoms with van der Waals surface area (Å²) in [6, 6.07) is 9.87. The van der Waals surface area contributed by atoms with E-state index in [2.05, 4.69) is 24.5 Å². The van der Waals surface area contributed by atoms with E-state index in [4.69, 9.17) is 0 Å². The Kier molecular flexibility index (Phi) is 6.35. The highest BCUT2D eigenvalue weighted by molar-refractivity contribution is 7.10. The number of carbonyl (C=O) groups excluding carboxylic acids is 2. The van der Waals surface area contributed by atoms with Crippen molar-refractivity contribution >= 4 is 28.8 Å². The fourth-order valence-corrected chi connectivity index (χ4v) is 3.10. The summed E-state index contributed by atoms with van der Waals surface area (Å²) in [5.41, 5.74) is 3.11. The molecule has 0 unspecified atom stereocenters. The monoisotopic (exact) mass is 330 g/mol. The Labute approximate surface area is 140 Å². The maximum atomic E-state index is 12.1. The summed E-state index contributed by atoms with van der Waals surface area (Å²) in [7, 11) is 0. The fraction of sp³-hybridized carbons (Fsp3) is 0.333. The molecule has 0 aliphatic rings. The molecule has 0 atom stereocenters. The van der Waals surface area contributed by atoms with Crippen molar-refractivity contribution in [2.75, 3.05) is 11.9 Å². The topological polar surface area (TPSA) is 58.2 Å². The largest absolute Gasteiger partial charge is 0.347 e. The van der Waals surface area contributed by atoms with E-state index in [1.165, 1.54) is 11.3 Å². The van der Waals surface area contributed by atoms with E-state index in [1.807, 2.05) is 35.7 Å². The second-order valence-corrected chi connectivity index (χ2v) is 6.27. The van der Waals surface area contributed by atoms with E-state index < -0.39 is 0 Å². The zero-order valence-electron chi connectivity index (χ0n) is 13.5. The van der Waals surface area contributed by atoms with E-state index >= 15 is 0 Å². The molecule has 0 fully saturated rings. The number of hydrogen-bond donors (Lipinski definition) is 2. The van der Waals surface area contributed by atoms with Crippen molar-refractivity contribution in [3.05, 3.63) is 51.7 Å². The second kappa shape index (κ2) is 8.48. The first-order chi connectivity index (χ1) is 11.1. The molecular weight excluding hydrogens is 308 g/mol. The molecule has 23 heavy (non-hydrogen) atoms. The van der Waals surface area contributed by atoms with Gasteiger partial charge in [-0.2, -0.15) is 0 Å². The summed E-state index contributed by atoms with van der Waals surface area (Å²) < 4.78 is 0. The van der Waals surface area contributed by atoms with Crippen LogP contribution in [0.15, 0.2) is 35.7 Å². The van der Waals surface area contributed by atoms with Gasteiger partial charge in [-0.3, -0.25) is 9.59 Å². The van der Waals surface area contributed by atoms with Crippen LogP contribution >= 0.6 is 11.3 Å². The summed E-state index contributed by atoms with van der Waals surface area (Å²) in [5.74, 6) is -0.331. The number of benzene rings is 1. The number of aryl methyl sites for hydroxylation is 2. The van der Waals surface area contributed by atoms with Crippen LogP contribution in [0, 0.1) is 0 Å². The Morgan fingerprint density at radius 2 is 1.70 bits per heavy atom. The Bertz CT molecular complexity index is 643. The minimum Gasteiger partial charge on any atom is -0.347 e. The van der Waals surface area contributed by atoms with Gasteiger partial charge in [0.25, 0.3) is 0 Å². The second-order valence-electron chi connectivity index (χ2n) is 5.24. The van der Waals surface area contributed by atoms with Gasteiger partial charge in [0.15, 0.2) is 0 Å². The molecule has 2 N–H and O–H groups in total. The van der Waals surface area contributed by atoms with E-state index in [0.29, 0.717) is 6.42 Å². The predicted octanol–water partition coefficient (Wildman–Crippen LogP) is 3.17. The van der Waals surface area contributed by atoms with Crippen molar-refractivity contribution in [1.29, 1.82) is 0 Å². The van der Waals surface area contributed by atoms with Crippen molar-refractivity contribution in [3.8, 4) is 0 Å². The number of anilines is 1. The van der Waals surface area contributed by atoms with Gasteiger partial charge >= 0.3 is 0 Å². The molecule has 2 rings (SSSR count). The summed E-state index contributed by atoms with van der Waals surface area (Å²) >= 11 is 1.54. The lowest BCUT2D eigenvalue weighted by Crippen LogP contribution is -2.34. The number of rotatable bonds is 7. The molecule has 0 bridgehead atoms. The maximum Gasteiger partial charge on any atom is 0.243 e. The average Bonchev–Trinajstić information content (AvgIpc) is 3.06. The number of carbonyl (C=O) groups is 2. The molecule has 2 amide bonds. The first kappa shape index (κ1) is 17.2. The predicted molar refractivity (Wildman–Crippen MR) is 94.9 cm³/mol. The first-order valence-corrected chi connectivity index (χ1v) is 8.71. The van der Waals surface area contributed by atoms with Gasteiger partial charge < -0.3 is 10.6 Å². The first-order valence-electron chi connectivity index (χ1n) is 7.83. The normalized spacial score (nSPS) is 10.3. The third-order valence-electron chi connectivity index (χ3n) is 3.62. The Balaban J connectivity index is 1.91. The molecule has 0 saturated heterocycles. The molecule has 0 spiro atoms. The van der Waals surface area contributed by atoms with Crippen molar-refractivity contribution in [2.24, 2.45) is 0 Å². The highest BCUT2D eigenvalue weighted by Gasteiger charge is 2.11. The molecule has 0 aliphatic heterocycles. The van der Waals surface area contributed by atoms with Gasteiger partial charge in [0, 0.05) is 10.6 Å². The highest BCUT2D eigenvalue weighted by atomic mass is 32.1. The van der Waals surface area contributed by atoms with E-state index in [0.717, 1.165) is 34.5 Å². The molecule has 0 radical (unpaired) electrons. The number of hydrogen-bond acceptors (Lipinski definition) is 3. The van der Waals surface area contributed by atoms with E-state index in [9.17, 15) is 9.59 Å². The molecule has 4 nitrogen and oxygen atoms in total. The molecule has 0 aliphatic carbocycles. The maximum absolute atomic E-state index is 12.1. The lowest BCUT2D eigenvalue weighted by atomic mass is 10.0. The fourth-order valence-electron chi connectivity index (χ4n) is 2.40. The standard InChI is InChI=1S/C18H22N2O2S/c1-3-13-7-5-8-14(4-2)18(13)20-17(22)12-19-16(21)11-15-9-6-10-23-15/h5-10H,3-4,11-12H2,1-2H3,(H,19,21)(H,20,22). The number of thiophene rings is 1. The summed E-state index contributed by atoms with van der Waals surface area (Å²) in [6.45, 7) is 4.12. The van der Waals surface area contributed by atoms with Gasteiger partial charge in [0.1, 0.15) is 0 Å². The quantitative estimate of drug-likeness (QED) is 0.819. The zero-order valence-corrected chi connectivity index (χ0v) is 14.3. The summed E-state index contributed by atoms with van der Waals surface area (Å²) in [5, 5.41) is 7.55. The SMILES string of the molecule is CCc1cccc(CC)c1NC(=O)CNC(=O)Cc1cccs1. The van der Waals surface area contributed by atoms with Crippen LogP contribution in [0.4, 0.5) is 5.69 Å². The van der Waals surface area contributed by atoms with Gasteiger partial charge in [-0.1, -0.05) is 38.1 Å². The van der Waals surface area contributed by atoms with Crippen LogP contribution in [0.3, 0.4) is 0 Å².